The Bertz CT molecular complexity index is 578. The first-order chi connectivity index (χ1) is 9.69. The Hall–Kier alpha value is -2.49. The molecule has 0 saturated heterocycles. The molecule has 0 atom stereocenters. The lowest BCUT2D eigenvalue weighted by molar-refractivity contribution is -0.136. The Balaban J connectivity index is 2.18. The fraction of sp³-hybridized carbons (Fsp3) is 0.188. The normalized spacial score (nSPS) is 10.1. The van der Waals surface area contributed by atoms with Gasteiger partial charge in [-0.05, 0) is 42.3 Å². The molecule has 0 heterocycles. The van der Waals surface area contributed by atoms with E-state index in [4.69, 9.17) is 14.6 Å². The van der Waals surface area contributed by atoms with E-state index in [0.29, 0.717) is 17.9 Å². The largest absolute Gasteiger partial charge is 0.496 e. The minimum absolute atomic E-state index is 0.0607. The van der Waals surface area contributed by atoms with E-state index in [2.05, 4.69) is 0 Å². The van der Waals surface area contributed by atoms with E-state index in [1.54, 1.807) is 19.2 Å². The molecule has 0 aliphatic rings. The number of benzene rings is 2. The molecule has 0 saturated carbocycles. The quantitative estimate of drug-likeness (QED) is 0.874. The molecule has 2 aromatic carbocycles. The van der Waals surface area contributed by atoms with Crippen LogP contribution in [0, 0.1) is 0 Å². The van der Waals surface area contributed by atoms with Gasteiger partial charge in [0, 0.05) is 6.42 Å². The molecule has 2 rings (SSSR count). The van der Waals surface area contributed by atoms with Gasteiger partial charge in [0.05, 0.1) is 7.11 Å². The molecule has 0 bridgehead atoms. The number of carboxylic acids is 1. The summed E-state index contributed by atoms with van der Waals surface area (Å²) < 4.78 is 11.0. The van der Waals surface area contributed by atoms with Crippen molar-refractivity contribution >= 4 is 5.97 Å². The summed E-state index contributed by atoms with van der Waals surface area (Å²) in [6.07, 6.45) is 0.468. The van der Waals surface area contributed by atoms with Crippen LogP contribution in [0.15, 0.2) is 48.5 Å². The third-order valence-electron chi connectivity index (χ3n) is 2.84. The summed E-state index contributed by atoms with van der Waals surface area (Å²) >= 11 is 0. The Kier molecular flexibility index (Phi) is 4.60. The lowest BCUT2D eigenvalue weighted by Gasteiger charge is -2.11. The Labute approximate surface area is 117 Å². The maximum atomic E-state index is 10.7. The predicted octanol–water partition coefficient (Wildman–Crippen LogP) is 3.50. The molecular weight excluding hydrogens is 256 g/mol. The van der Waals surface area contributed by atoms with Crippen molar-refractivity contribution in [3.05, 3.63) is 54.1 Å². The zero-order valence-electron chi connectivity index (χ0n) is 11.2. The van der Waals surface area contributed by atoms with E-state index in [9.17, 15) is 4.79 Å². The topological polar surface area (TPSA) is 55.8 Å². The fourth-order valence-electron chi connectivity index (χ4n) is 1.88. The van der Waals surface area contributed by atoms with Gasteiger partial charge in [0.15, 0.2) is 0 Å². The number of hydrogen-bond donors (Lipinski definition) is 1. The van der Waals surface area contributed by atoms with Crippen molar-refractivity contribution in [3.63, 3.8) is 0 Å². The number of hydrogen-bond acceptors (Lipinski definition) is 3. The summed E-state index contributed by atoms with van der Waals surface area (Å²) in [6.45, 7) is 0. The van der Waals surface area contributed by atoms with Crippen LogP contribution < -0.4 is 9.47 Å². The van der Waals surface area contributed by atoms with Gasteiger partial charge in [-0.3, -0.25) is 4.79 Å². The SMILES string of the molecule is COc1ccc(Oc2ccccc2)cc1CCC(=O)O. The number of aliphatic carboxylic acids is 1. The first-order valence-corrected chi connectivity index (χ1v) is 6.30. The average Bonchev–Trinajstić information content (AvgIpc) is 2.46. The van der Waals surface area contributed by atoms with Gasteiger partial charge in [0.25, 0.3) is 0 Å². The number of aryl methyl sites for hydroxylation is 1. The number of rotatable bonds is 6. The highest BCUT2D eigenvalue weighted by Crippen LogP contribution is 2.28. The molecule has 0 fully saturated rings. The van der Waals surface area contributed by atoms with Gasteiger partial charge < -0.3 is 14.6 Å². The van der Waals surface area contributed by atoms with E-state index in [0.717, 1.165) is 11.3 Å². The van der Waals surface area contributed by atoms with Gasteiger partial charge in [-0.2, -0.15) is 0 Å². The van der Waals surface area contributed by atoms with Gasteiger partial charge in [-0.15, -0.1) is 0 Å². The van der Waals surface area contributed by atoms with E-state index < -0.39 is 5.97 Å². The summed E-state index contributed by atoms with van der Waals surface area (Å²) in [6, 6.07) is 14.8. The van der Waals surface area contributed by atoms with Crippen LogP contribution in [-0.4, -0.2) is 18.2 Å². The van der Waals surface area contributed by atoms with Crippen molar-refractivity contribution in [2.24, 2.45) is 0 Å². The third kappa shape index (κ3) is 3.75. The second-order valence-electron chi connectivity index (χ2n) is 4.28. The molecule has 0 aromatic heterocycles. The molecule has 1 N–H and O–H groups in total. The van der Waals surface area contributed by atoms with Crippen molar-refractivity contribution in [2.45, 2.75) is 12.8 Å². The van der Waals surface area contributed by atoms with Gasteiger partial charge in [-0.25, -0.2) is 0 Å². The Morgan fingerprint density at radius 1 is 1.10 bits per heavy atom. The highest BCUT2D eigenvalue weighted by Gasteiger charge is 2.08. The maximum absolute atomic E-state index is 10.7. The van der Waals surface area contributed by atoms with Crippen LogP contribution in [0.1, 0.15) is 12.0 Å². The predicted molar refractivity (Wildman–Crippen MR) is 75.5 cm³/mol. The minimum Gasteiger partial charge on any atom is -0.496 e. The van der Waals surface area contributed by atoms with Crippen LogP contribution in [0.5, 0.6) is 17.2 Å². The van der Waals surface area contributed by atoms with Crippen molar-refractivity contribution in [3.8, 4) is 17.2 Å². The monoisotopic (exact) mass is 272 g/mol. The first-order valence-electron chi connectivity index (χ1n) is 6.30. The standard InChI is InChI=1S/C16H16O4/c1-19-15-9-8-14(11-12(15)7-10-16(17)18)20-13-5-3-2-4-6-13/h2-6,8-9,11H,7,10H2,1H3,(H,17,18). The zero-order chi connectivity index (χ0) is 14.4. The van der Waals surface area contributed by atoms with E-state index in [1.807, 2.05) is 36.4 Å². The van der Waals surface area contributed by atoms with Crippen LogP contribution in [0.2, 0.25) is 0 Å². The lowest BCUT2D eigenvalue weighted by Crippen LogP contribution is -2.00. The Morgan fingerprint density at radius 2 is 1.85 bits per heavy atom. The smallest absolute Gasteiger partial charge is 0.303 e. The number of carbonyl (C=O) groups is 1. The summed E-state index contributed by atoms with van der Waals surface area (Å²) in [5, 5.41) is 8.77. The average molecular weight is 272 g/mol. The van der Waals surface area contributed by atoms with Gasteiger partial charge in [0.2, 0.25) is 0 Å². The highest BCUT2D eigenvalue weighted by molar-refractivity contribution is 5.67. The van der Waals surface area contributed by atoms with Crippen LogP contribution in [0.3, 0.4) is 0 Å². The maximum Gasteiger partial charge on any atom is 0.303 e. The molecule has 20 heavy (non-hydrogen) atoms. The second kappa shape index (κ2) is 6.61. The molecule has 0 spiro atoms. The number of carboxylic acid groups (broad SMARTS) is 1. The van der Waals surface area contributed by atoms with Crippen LogP contribution in [0.25, 0.3) is 0 Å². The summed E-state index contributed by atoms with van der Waals surface area (Å²) in [5.74, 6) is 1.24. The van der Waals surface area contributed by atoms with Crippen molar-refractivity contribution < 1.29 is 19.4 Å². The molecule has 2 aromatic rings. The molecule has 4 heteroatoms. The zero-order valence-corrected chi connectivity index (χ0v) is 11.2. The molecule has 0 aliphatic carbocycles. The second-order valence-corrected chi connectivity index (χ2v) is 4.28. The highest BCUT2D eigenvalue weighted by atomic mass is 16.5. The molecule has 104 valence electrons. The molecule has 0 amide bonds. The molecule has 0 unspecified atom stereocenters. The summed E-state index contributed by atoms with van der Waals surface area (Å²) in [4.78, 5) is 10.7. The molecule has 4 nitrogen and oxygen atoms in total. The van der Waals surface area contributed by atoms with E-state index in [1.165, 1.54) is 0 Å². The molecule has 0 aliphatic heterocycles. The minimum atomic E-state index is -0.832. The molecular formula is C16H16O4. The van der Waals surface area contributed by atoms with Gasteiger partial charge in [0.1, 0.15) is 17.2 Å². The van der Waals surface area contributed by atoms with E-state index >= 15 is 0 Å². The van der Waals surface area contributed by atoms with Crippen LogP contribution in [0.4, 0.5) is 0 Å². The van der Waals surface area contributed by atoms with E-state index in [-0.39, 0.29) is 6.42 Å². The van der Waals surface area contributed by atoms with Crippen LogP contribution >= 0.6 is 0 Å². The number of methoxy groups -OCH3 is 1. The van der Waals surface area contributed by atoms with Gasteiger partial charge in [-0.1, -0.05) is 18.2 Å². The van der Waals surface area contributed by atoms with Crippen LogP contribution in [-0.2, 0) is 11.2 Å². The van der Waals surface area contributed by atoms with Crippen molar-refractivity contribution in [2.75, 3.05) is 7.11 Å². The van der Waals surface area contributed by atoms with Crippen molar-refractivity contribution in [1.29, 1.82) is 0 Å². The summed E-state index contributed by atoms with van der Waals surface area (Å²) in [7, 11) is 1.57. The fourth-order valence-corrected chi connectivity index (χ4v) is 1.88. The number of para-hydroxylation sites is 1. The third-order valence-corrected chi connectivity index (χ3v) is 2.84. The lowest BCUT2D eigenvalue weighted by atomic mass is 10.1. The van der Waals surface area contributed by atoms with Gasteiger partial charge >= 0.3 is 5.97 Å². The first kappa shape index (κ1) is 13.9. The van der Waals surface area contributed by atoms with Crippen molar-refractivity contribution in [1.82, 2.24) is 0 Å². The Morgan fingerprint density at radius 3 is 2.50 bits per heavy atom. The summed E-state index contributed by atoms with van der Waals surface area (Å²) in [5.41, 5.74) is 0.823. The number of ether oxygens (including phenoxy) is 2. The molecule has 0 radical (unpaired) electrons.